The van der Waals surface area contributed by atoms with Crippen LogP contribution in [-0.2, 0) is 13.5 Å². The van der Waals surface area contributed by atoms with E-state index in [9.17, 15) is 4.79 Å². The molecule has 2 aromatic rings. The number of rotatable bonds is 5. The second-order valence-electron chi connectivity index (χ2n) is 5.34. The Morgan fingerprint density at radius 2 is 2.20 bits per heavy atom. The van der Waals surface area contributed by atoms with Crippen LogP contribution in [0.4, 0.5) is 0 Å². The van der Waals surface area contributed by atoms with E-state index in [1.807, 2.05) is 29.9 Å². The first-order valence-corrected chi connectivity index (χ1v) is 6.99. The summed E-state index contributed by atoms with van der Waals surface area (Å²) in [4.78, 5) is 19.8. The lowest BCUT2D eigenvalue weighted by atomic mass is 10.0. The van der Waals surface area contributed by atoms with E-state index in [0.717, 1.165) is 17.9 Å². The van der Waals surface area contributed by atoms with Crippen LogP contribution in [0.3, 0.4) is 0 Å². The smallest absolute Gasteiger partial charge is 0.268 e. The normalized spacial score (nSPS) is 12.7. The molecule has 5 heteroatoms. The second-order valence-corrected chi connectivity index (χ2v) is 5.34. The van der Waals surface area contributed by atoms with E-state index >= 15 is 0 Å². The van der Waals surface area contributed by atoms with Gasteiger partial charge in [0.05, 0.1) is 6.04 Å². The SMILES string of the molecule is CCc1ccc(C(=O)N[C@@H](c2nccn2C)C(C)C)[nH]1. The van der Waals surface area contributed by atoms with Crippen molar-refractivity contribution in [1.82, 2.24) is 19.9 Å². The molecule has 0 aliphatic rings. The predicted octanol–water partition coefficient (Wildman–Crippen LogP) is 2.44. The molecule has 0 saturated carbocycles. The quantitative estimate of drug-likeness (QED) is 0.879. The van der Waals surface area contributed by atoms with Gasteiger partial charge in [-0.3, -0.25) is 4.79 Å². The number of H-pyrrole nitrogens is 1. The summed E-state index contributed by atoms with van der Waals surface area (Å²) in [7, 11) is 1.94. The molecule has 0 saturated heterocycles. The van der Waals surface area contributed by atoms with Crippen molar-refractivity contribution in [3.8, 4) is 0 Å². The number of aromatic amines is 1. The lowest BCUT2D eigenvalue weighted by Gasteiger charge is -2.21. The summed E-state index contributed by atoms with van der Waals surface area (Å²) >= 11 is 0. The van der Waals surface area contributed by atoms with Crippen molar-refractivity contribution in [2.24, 2.45) is 13.0 Å². The molecule has 2 N–H and O–H groups in total. The molecule has 2 heterocycles. The molecule has 0 unspecified atom stereocenters. The van der Waals surface area contributed by atoms with Crippen molar-refractivity contribution in [1.29, 1.82) is 0 Å². The van der Waals surface area contributed by atoms with Crippen LogP contribution in [0.5, 0.6) is 0 Å². The fourth-order valence-corrected chi connectivity index (χ4v) is 2.20. The zero-order valence-corrected chi connectivity index (χ0v) is 12.5. The van der Waals surface area contributed by atoms with E-state index in [-0.39, 0.29) is 17.9 Å². The maximum Gasteiger partial charge on any atom is 0.268 e. The van der Waals surface area contributed by atoms with Crippen molar-refractivity contribution in [3.63, 3.8) is 0 Å². The lowest BCUT2D eigenvalue weighted by Crippen LogP contribution is -2.33. The summed E-state index contributed by atoms with van der Waals surface area (Å²) in [5.41, 5.74) is 1.66. The number of nitrogens with zero attached hydrogens (tertiary/aromatic N) is 2. The Kier molecular flexibility index (Phi) is 4.27. The minimum atomic E-state index is -0.101. The number of aryl methyl sites for hydroxylation is 2. The average molecular weight is 274 g/mol. The van der Waals surface area contributed by atoms with Crippen LogP contribution in [0, 0.1) is 5.92 Å². The van der Waals surface area contributed by atoms with Gasteiger partial charge in [-0.1, -0.05) is 20.8 Å². The standard InChI is InChI=1S/C15H22N4O/c1-5-11-6-7-12(17-11)15(20)18-13(10(2)3)14-16-8-9-19(14)4/h6-10,13,17H,5H2,1-4H3,(H,18,20)/t13-/m1/s1. The zero-order valence-electron chi connectivity index (χ0n) is 12.5. The number of imidazole rings is 1. The summed E-state index contributed by atoms with van der Waals surface area (Å²) in [6.45, 7) is 6.20. The van der Waals surface area contributed by atoms with Crippen LogP contribution in [0.1, 0.15) is 48.8 Å². The highest BCUT2D eigenvalue weighted by molar-refractivity contribution is 5.92. The van der Waals surface area contributed by atoms with Crippen molar-refractivity contribution in [2.45, 2.75) is 33.2 Å². The van der Waals surface area contributed by atoms with Crippen molar-refractivity contribution in [3.05, 3.63) is 41.7 Å². The number of carbonyl (C=O) groups excluding carboxylic acids is 1. The molecule has 0 aliphatic heterocycles. The molecule has 1 atom stereocenters. The first-order chi connectivity index (χ1) is 9.52. The van der Waals surface area contributed by atoms with E-state index in [4.69, 9.17) is 0 Å². The molecule has 0 fully saturated rings. The molecule has 108 valence electrons. The van der Waals surface area contributed by atoms with E-state index < -0.39 is 0 Å². The lowest BCUT2D eigenvalue weighted by molar-refractivity contribution is 0.0917. The number of hydrogen-bond donors (Lipinski definition) is 2. The third kappa shape index (κ3) is 2.92. The Hall–Kier alpha value is -2.04. The Bertz CT molecular complexity index is 582. The Labute approximate surface area is 119 Å². The van der Waals surface area contributed by atoms with Gasteiger partial charge in [-0.15, -0.1) is 0 Å². The van der Waals surface area contributed by atoms with Crippen molar-refractivity contribution < 1.29 is 4.79 Å². The van der Waals surface area contributed by atoms with Gasteiger partial charge < -0.3 is 14.9 Å². The summed E-state index contributed by atoms with van der Waals surface area (Å²) in [6, 6.07) is 3.67. The molecule has 0 bridgehead atoms. The van der Waals surface area contributed by atoms with Crippen molar-refractivity contribution >= 4 is 5.91 Å². The summed E-state index contributed by atoms with van der Waals surface area (Å²) in [5.74, 6) is 1.04. The molecule has 0 radical (unpaired) electrons. The first-order valence-electron chi connectivity index (χ1n) is 6.99. The minimum Gasteiger partial charge on any atom is -0.354 e. The van der Waals surface area contributed by atoms with Crippen LogP contribution in [0.25, 0.3) is 0 Å². The van der Waals surface area contributed by atoms with Gasteiger partial charge in [0, 0.05) is 25.1 Å². The Balaban J connectivity index is 2.16. The van der Waals surface area contributed by atoms with Gasteiger partial charge in [0.15, 0.2) is 0 Å². The largest absolute Gasteiger partial charge is 0.354 e. The fourth-order valence-electron chi connectivity index (χ4n) is 2.20. The molecule has 2 aromatic heterocycles. The number of hydrogen-bond acceptors (Lipinski definition) is 2. The maximum absolute atomic E-state index is 12.3. The number of aromatic nitrogens is 3. The minimum absolute atomic E-state index is 0.0913. The first kappa shape index (κ1) is 14.4. The van der Waals surface area contributed by atoms with Crippen LogP contribution in [0.15, 0.2) is 24.5 Å². The zero-order chi connectivity index (χ0) is 14.7. The number of nitrogens with one attached hydrogen (secondary N) is 2. The Morgan fingerprint density at radius 3 is 2.70 bits per heavy atom. The van der Waals surface area contributed by atoms with Gasteiger partial charge in [0.1, 0.15) is 11.5 Å². The van der Waals surface area contributed by atoms with Crippen molar-refractivity contribution in [2.75, 3.05) is 0 Å². The highest BCUT2D eigenvalue weighted by Crippen LogP contribution is 2.20. The van der Waals surface area contributed by atoms with Crippen LogP contribution in [-0.4, -0.2) is 20.4 Å². The fraction of sp³-hybridized carbons (Fsp3) is 0.467. The van der Waals surface area contributed by atoms with Gasteiger partial charge in [-0.05, 0) is 24.5 Å². The molecule has 2 rings (SSSR count). The predicted molar refractivity (Wildman–Crippen MR) is 78.4 cm³/mol. The van der Waals surface area contributed by atoms with Crippen LogP contribution < -0.4 is 5.32 Å². The molecule has 20 heavy (non-hydrogen) atoms. The summed E-state index contributed by atoms with van der Waals surface area (Å²) < 4.78 is 1.94. The number of carbonyl (C=O) groups is 1. The van der Waals surface area contributed by atoms with Gasteiger partial charge in [0.25, 0.3) is 5.91 Å². The van der Waals surface area contributed by atoms with Gasteiger partial charge in [-0.2, -0.15) is 0 Å². The maximum atomic E-state index is 12.3. The van der Waals surface area contributed by atoms with Crippen LogP contribution >= 0.6 is 0 Å². The molecular formula is C15H22N4O. The van der Waals surface area contributed by atoms with Gasteiger partial charge in [0.2, 0.25) is 0 Å². The number of amides is 1. The van der Waals surface area contributed by atoms with Crippen LogP contribution in [0.2, 0.25) is 0 Å². The van der Waals surface area contributed by atoms with E-state index in [2.05, 4.69) is 36.1 Å². The topological polar surface area (TPSA) is 62.7 Å². The summed E-state index contributed by atoms with van der Waals surface area (Å²) in [6.07, 6.45) is 4.53. The molecule has 0 aromatic carbocycles. The highest BCUT2D eigenvalue weighted by atomic mass is 16.2. The monoisotopic (exact) mass is 274 g/mol. The van der Waals surface area contributed by atoms with Gasteiger partial charge in [-0.25, -0.2) is 4.98 Å². The Morgan fingerprint density at radius 1 is 1.45 bits per heavy atom. The molecular weight excluding hydrogens is 252 g/mol. The average Bonchev–Trinajstić information content (AvgIpc) is 3.04. The highest BCUT2D eigenvalue weighted by Gasteiger charge is 2.23. The molecule has 0 aliphatic carbocycles. The summed E-state index contributed by atoms with van der Waals surface area (Å²) in [5, 5.41) is 3.06. The molecule has 1 amide bonds. The van der Waals surface area contributed by atoms with E-state index in [1.54, 1.807) is 6.20 Å². The van der Waals surface area contributed by atoms with Gasteiger partial charge >= 0.3 is 0 Å². The molecule has 5 nitrogen and oxygen atoms in total. The molecule has 0 spiro atoms. The second kappa shape index (κ2) is 5.94. The third-order valence-electron chi connectivity index (χ3n) is 3.46. The van der Waals surface area contributed by atoms with E-state index in [0.29, 0.717) is 5.69 Å². The van der Waals surface area contributed by atoms with E-state index in [1.165, 1.54) is 0 Å². The third-order valence-corrected chi connectivity index (χ3v) is 3.46.